The number of carbonyl (C=O) groups is 4. The van der Waals surface area contributed by atoms with E-state index in [1.165, 1.54) is 47.8 Å². The lowest BCUT2D eigenvalue weighted by Gasteiger charge is -2.26. The predicted octanol–water partition coefficient (Wildman–Crippen LogP) is 2.19. The van der Waals surface area contributed by atoms with Crippen LogP contribution in [0.4, 0.5) is 5.69 Å². The largest absolute Gasteiger partial charge is 0.452 e. The first-order chi connectivity index (χ1) is 16.6. The van der Waals surface area contributed by atoms with E-state index in [4.69, 9.17) is 4.74 Å². The fourth-order valence-corrected chi connectivity index (χ4v) is 5.62. The number of hydrogen-bond donors (Lipinski definition) is 1. The summed E-state index contributed by atoms with van der Waals surface area (Å²) in [5, 5.41) is 2.52. The minimum absolute atomic E-state index is 0.00345. The number of imide groups is 1. The van der Waals surface area contributed by atoms with Crippen LogP contribution in [0.25, 0.3) is 0 Å². The molecule has 0 saturated carbocycles. The molecule has 0 unspecified atom stereocenters. The Morgan fingerprint density at radius 1 is 0.971 bits per heavy atom. The summed E-state index contributed by atoms with van der Waals surface area (Å²) in [5.74, 6) is -2.37. The molecule has 1 fully saturated rings. The molecule has 0 aliphatic carbocycles. The zero-order chi connectivity index (χ0) is 25.3. The molecule has 11 heteroatoms. The maximum Gasteiger partial charge on any atom is 0.338 e. The van der Waals surface area contributed by atoms with Gasteiger partial charge in [0.05, 0.1) is 21.6 Å². The fourth-order valence-electron chi connectivity index (χ4n) is 4.08. The van der Waals surface area contributed by atoms with Gasteiger partial charge in [0.15, 0.2) is 6.61 Å². The Morgan fingerprint density at radius 2 is 1.66 bits per heavy atom. The molecule has 2 heterocycles. The first-order valence-corrected chi connectivity index (χ1v) is 12.6. The van der Waals surface area contributed by atoms with Gasteiger partial charge in [0.25, 0.3) is 17.7 Å². The molecule has 0 bridgehead atoms. The number of aryl methyl sites for hydroxylation is 1. The minimum atomic E-state index is -3.73. The van der Waals surface area contributed by atoms with Crippen LogP contribution in [0.3, 0.4) is 0 Å². The van der Waals surface area contributed by atoms with Crippen LogP contribution in [-0.4, -0.2) is 68.1 Å². The zero-order valence-corrected chi connectivity index (χ0v) is 20.2. The van der Waals surface area contributed by atoms with Crippen molar-refractivity contribution in [3.05, 3.63) is 58.7 Å². The summed E-state index contributed by atoms with van der Waals surface area (Å²) in [6.45, 7) is 1.91. The third-order valence-electron chi connectivity index (χ3n) is 6.09. The van der Waals surface area contributed by atoms with E-state index < -0.39 is 40.3 Å². The van der Waals surface area contributed by atoms with Crippen LogP contribution in [0.2, 0.25) is 0 Å². The molecular formula is C24H25N3O7S. The van der Waals surface area contributed by atoms with Gasteiger partial charge < -0.3 is 10.1 Å². The molecule has 0 spiro atoms. The number of hydrogen-bond acceptors (Lipinski definition) is 7. The van der Waals surface area contributed by atoms with E-state index in [-0.39, 0.29) is 27.3 Å². The van der Waals surface area contributed by atoms with E-state index in [0.29, 0.717) is 18.7 Å². The fraction of sp³-hybridized carbons (Fsp3) is 0.333. The number of ether oxygens (including phenoxy) is 1. The number of benzene rings is 2. The molecule has 0 radical (unpaired) electrons. The molecule has 1 N–H and O–H groups in total. The third-order valence-corrected chi connectivity index (χ3v) is 7.98. The number of esters is 1. The van der Waals surface area contributed by atoms with Crippen LogP contribution < -0.4 is 5.32 Å². The van der Waals surface area contributed by atoms with Crippen molar-refractivity contribution in [2.75, 3.05) is 32.1 Å². The van der Waals surface area contributed by atoms with Gasteiger partial charge in [-0.3, -0.25) is 19.3 Å². The normalized spacial score (nSPS) is 16.2. The predicted molar refractivity (Wildman–Crippen MR) is 126 cm³/mol. The highest BCUT2D eigenvalue weighted by Gasteiger charge is 2.33. The second-order valence-corrected chi connectivity index (χ2v) is 10.4. The standard InChI is InChI=1S/C24H25N3O7S/c1-15-6-8-17(35(32,33)27-10-4-3-5-11-27)13-19(15)24(31)34-14-21(28)25-16-7-9-18-20(12-16)23(30)26(2)22(18)29/h6-9,12-13H,3-5,10-11,14H2,1-2H3,(H,25,28). The van der Waals surface area contributed by atoms with Crippen LogP contribution in [0.5, 0.6) is 0 Å². The molecule has 35 heavy (non-hydrogen) atoms. The molecular weight excluding hydrogens is 474 g/mol. The number of fused-ring (bicyclic) bond motifs is 1. The lowest BCUT2D eigenvalue weighted by atomic mass is 10.1. The lowest BCUT2D eigenvalue weighted by molar-refractivity contribution is -0.119. The summed E-state index contributed by atoms with van der Waals surface area (Å²) in [5.41, 5.74) is 1.26. The van der Waals surface area contributed by atoms with Crippen LogP contribution in [0, 0.1) is 6.92 Å². The summed E-state index contributed by atoms with van der Waals surface area (Å²) in [4.78, 5) is 50.1. The number of sulfonamides is 1. The van der Waals surface area contributed by atoms with E-state index in [1.54, 1.807) is 6.92 Å². The van der Waals surface area contributed by atoms with Gasteiger partial charge in [0.1, 0.15) is 0 Å². The maximum atomic E-state index is 12.9. The maximum absolute atomic E-state index is 12.9. The highest BCUT2D eigenvalue weighted by Crippen LogP contribution is 2.25. The molecule has 1 saturated heterocycles. The molecule has 2 aliphatic heterocycles. The molecule has 0 aromatic heterocycles. The quantitative estimate of drug-likeness (QED) is 0.476. The van der Waals surface area contributed by atoms with Crippen LogP contribution in [-0.2, 0) is 19.6 Å². The summed E-state index contributed by atoms with van der Waals surface area (Å²) < 4.78 is 32.4. The average molecular weight is 500 g/mol. The molecule has 2 aliphatic rings. The Kier molecular flexibility index (Phi) is 6.73. The van der Waals surface area contributed by atoms with Gasteiger partial charge in [-0.05, 0) is 55.7 Å². The Bertz CT molecular complexity index is 1330. The van der Waals surface area contributed by atoms with Crippen molar-refractivity contribution in [3.63, 3.8) is 0 Å². The van der Waals surface area contributed by atoms with Crippen molar-refractivity contribution in [2.45, 2.75) is 31.1 Å². The lowest BCUT2D eigenvalue weighted by Crippen LogP contribution is -2.35. The second-order valence-electron chi connectivity index (χ2n) is 8.50. The first kappa shape index (κ1) is 24.6. The van der Waals surface area contributed by atoms with E-state index in [2.05, 4.69) is 5.32 Å². The number of amides is 3. The summed E-state index contributed by atoms with van der Waals surface area (Å²) >= 11 is 0. The number of anilines is 1. The number of rotatable bonds is 6. The highest BCUT2D eigenvalue weighted by atomic mass is 32.2. The van der Waals surface area contributed by atoms with Gasteiger partial charge in [-0.1, -0.05) is 12.5 Å². The first-order valence-electron chi connectivity index (χ1n) is 11.1. The number of nitrogens with zero attached hydrogens (tertiary/aromatic N) is 2. The smallest absolute Gasteiger partial charge is 0.338 e. The second kappa shape index (κ2) is 9.59. The van der Waals surface area contributed by atoms with Gasteiger partial charge in [-0.25, -0.2) is 13.2 Å². The van der Waals surface area contributed by atoms with Crippen LogP contribution in [0.1, 0.15) is 55.9 Å². The topological polar surface area (TPSA) is 130 Å². The average Bonchev–Trinajstić information content (AvgIpc) is 3.06. The molecule has 2 aromatic carbocycles. The Morgan fingerprint density at radius 3 is 2.37 bits per heavy atom. The molecule has 2 aromatic rings. The van der Waals surface area contributed by atoms with E-state index >= 15 is 0 Å². The Balaban J connectivity index is 1.42. The van der Waals surface area contributed by atoms with Crippen molar-refractivity contribution >= 4 is 39.4 Å². The third kappa shape index (κ3) is 4.82. The molecule has 3 amide bonds. The SMILES string of the molecule is Cc1ccc(S(=O)(=O)N2CCCCC2)cc1C(=O)OCC(=O)Nc1ccc2c(c1)C(=O)N(C)C2=O. The summed E-state index contributed by atoms with van der Waals surface area (Å²) in [6, 6.07) is 8.57. The van der Waals surface area contributed by atoms with E-state index in [9.17, 15) is 27.6 Å². The monoisotopic (exact) mass is 499 g/mol. The number of nitrogens with one attached hydrogen (secondary N) is 1. The van der Waals surface area contributed by atoms with Crippen LogP contribution in [0.15, 0.2) is 41.3 Å². The van der Waals surface area contributed by atoms with E-state index in [1.807, 2.05) is 0 Å². The van der Waals surface area contributed by atoms with Crippen LogP contribution >= 0.6 is 0 Å². The zero-order valence-electron chi connectivity index (χ0n) is 19.4. The van der Waals surface area contributed by atoms with Gasteiger partial charge in [0.2, 0.25) is 10.0 Å². The Labute approximate surface area is 202 Å². The van der Waals surface area contributed by atoms with Crippen molar-refractivity contribution in [2.24, 2.45) is 0 Å². The molecule has 10 nitrogen and oxygen atoms in total. The van der Waals surface area contributed by atoms with Crippen molar-refractivity contribution in [1.82, 2.24) is 9.21 Å². The summed E-state index contributed by atoms with van der Waals surface area (Å²) in [7, 11) is -2.36. The van der Waals surface area contributed by atoms with Crippen molar-refractivity contribution in [3.8, 4) is 0 Å². The Hall–Kier alpha value is -3.57. The van der Waals surface area contributed by atoms with E-state index in [0.717, 1.165) is 24.2 Å². The summed E-state index contributed by atoms with van der Waals surface area (Å²) in [6.07, 6.45) is 2.57. The minimum Gasteiger partial charge on any atom is -0.452 e. The van der Waals surface area contributed by atoms with Gasteiger partial charge in [-0.15, -0.1) is 0 Å². The van der Waals surface area contributed by atoms with Gasteiger partial charge >= 0.3 is 5.97 Å². The molecule has 4 rings (SSSR count). The van der Waals surface area contributed by atoms with Crippen molar-refractivity contribution in [1.29, 1.82) is 0 Å². The number of carbonyl (C=O) groups excluding carboxylic acids is 4. The van der Waals surface area contributed by atoms with Crippen molar-refractivity contribution < 1.29 is 32.3 Å². The number of piperidine rings is 1. The van der Waals surface area contributed by atoms with Gasteiger partial charge in [-0.2, -0.15) is 4.31 Å². The van der Waals surface area contributed by atoms with Gasteiger partial charge in [0, 0.05) is 25.8 Å². The molecule has 184 valence electrons. The molecule has 0 atom stereocenters. The highest BCUT2D eigenvalue weighted by molar-refractivity contribution is 7.89.